The van der Waals surface area contributed by atoms with E-state index in [9.17, 15) is 9.90 Å². The maximum atomic E-state index is 11.9. The molecule has 0 aliphatic heterocycles. The van der Waals surface area contributed by atoms with Crippen molar-refractivity contribution in [1.82, 2.24) is 15.2 Å². The number of aliphatic hydroxyl groups is 1. The van der Waals surface area contributed by atoms with Gasteiger partial charge in [-0.25, -0.2) is 4.98 Å². The Morgan fingerprint density at radius 2 is 1.85 bits per heavy atom. The first kappa shape index (κ1) is 19.9. The normalized spacial score (nSPS) is 14.5. The Labute approximate surface area is 155 Å². The maximum Gasteiger partial charge on any atom is 0.253 e. The molecule has 4 N–H and O–H groups in total. The van der Waals surface area contributed by atoms with Crippen LogP contribution >= 0.6 is 0 Å². The summed E-state index contributed by atoms with van der Waals surface area (Å²) in [6, 6.07) is 11.1. The van der Waals surface area contributed by atoms with Crippen molar-refractivity contribution < 1.29 is 9.90 Å². The highest BCUT2D eigenvalue weighted by Crippen LogP contribution is 2.17. The SMILES string of the molecule is C[C@@H](Cc1ccc(C(=O)N(C)C)cc1)N[C@H](C)C(O)c1ccc(N)nc1. The first-order valence-corrected chi connectivity index (χ1v) is 8.74. The quantitative estimate of drug-likeness (QED) is 0.706. The van der Waals surface area contributed by atoms with Crippen molar-refractivity contribution in [1.29, 1.82) is 0 Å². The third-order valence-corrected chi connectivity index (χ3v) is 4.32. The number of rotatable bonds is 7. The van der Waals surface area contributed by atoms with Crippen LogP contribution in [-0.4, -0.2) is 47.1 Å². The van der Waals surface area contributed by atoms with Crippen molar-refractivity contribution in [3.05, 3.63) is 59.3 Å². The van der Waals surface area contributed by atoms with E-state index in [1.165, 1.54) is 0 Å². The van der Waals surface area contributed by atoms with Crippen LogP contribution in [0.1, 0.15) is 41.4 Å². The molecule has 0 saturated heterocycles. The van der Waals surface area contributed by atoms with Gasteiger partial charge in [0, 0.05) is 43.5 Å². The topological polar surface area (TPSA) is 91.5 Å². The Bertz CT molecular complexity index is 714. The smallest absolute Gasteiger partial charge is 0.253 e. The van der Waals surface area contributed by atoms with Crippen LogP contribution < -0.4 is 11.1 Å². The summed E-state index contributed by atoms with van der Waals surface area (Å²) in [5.41, 5.74) is 8.13. The van der Waals surface area contributed by atoms with Gasteiger partial charge in [-0.1, -0.05) is 18.2 Å². The van der Waals surface area contributed by atoms with E-state index in [2.05, 4.69) is 17.2 Å². The number of pyridine rings is 1. The number of nitrogens with one attached hydrogen (secondary N) is 1. The number of amides is 1. The predicted molar refractivity (Wildman–Crippen MR) is 104 cm³/mol. The highest BCUT2D eigenvalue weighted by Gasteiger charge is 2.18. The molecule has 0 aliphatic carbocycles. The van der Waals surface area contributed by atoms with E-state index in [1.807, 2.05) is 31.2 Å². The van der Waals surface area contributed by atoms with Gasteiger partial charge in [-0.15, -0.1) is 0 Å². The Morgan fingerprint density at radius 1 is 1.19 bits per heavy atom. The Balaban J connectivity index is 1.92. The minimum absolute atomic E-state index is 0.00317. The summed E-state index contributed by atoms with van der Waals surface area (Å²) in [7, 11) is 3.48. The fourth-order valence-corrected chi connectivity index (χ4v) is 2.87. The van der Waals surface area contributed by atoms with E-state index in [0.717, 1.165) is 17.5 Å². The van der Waals surface area contributed by atoms with Crippen LogP contribution in [0, 0.1) is 0 Å². The molecular formula is C20H28N4O2. The van der Waals surface area contributed by atoms with Gasteiger partial charge in [-0.05, 0) is 44.0 Å². The Hall–Kier alpha value is -2.44. The first-order chi connectivity index (χ1) is 12.3. The van der Waals surface area contributed by atoms with Crippen LogP contribution in [0.15, 0.2) is 42.6 Å². The fraction of sp³-hybridized carbons (Fsp3) is 0.400. The van der Waals surface area contributed by atoms with E-state index in [4.69, 9.17) is 5.73 Å². The molecular weight excluding hydrogens is 328 g/mol. The van der Waals surface area contributed by atoms with E-state index in [1.54, 1.807) is 37.3 Å². The number of nitrogen functional groups attached to an aromatic ring is 1. The number of carbonyl (C=O) groups is 1. The predicted octanol–water partition coefficient (Wildman–Crippen LogP) is 2.01. The zero-order chi connectivity index (χ0) is 19.3. The number of benzene rings is 1. The highest BCUT2D eigenvalue weighted by molar-refractivity contribution is 5.93. The number of anilines is 1. The minimum atomic E-state index is -0.661. The standard InChI is InChI=1S/C20H28N4O2/c1-13(11-15-5-7-16(8-6-15)20(26)24(3)4)23-14(2)19(25)17-9-10-18(21)22-12-17/h5-10,12-14,19,23,25H,11H2,1-4H3,(H2,21,22)/t13-,14+,19?/m0/s1. The third kappa shape index (κ3) is 5.28. The summed E-state index contributed by atoms with van der Waals surface area (Å²) in [5.74, 6) is 0.433. The van der Waals surface area contributed by atoms with Gasteiger partial charge in [0.25, 0.3) is 5.91 Å². The highest BCUT2D eigenvalue weighted by atomic mass is 16.3. The molecule has 6 heteroatoms. The summed E-state index contributed by atoms with van der Waals surface area (Å²) in [6.45, 7) is 4.01. The lowest BCUT2D eigenvalue weighted by Gasteiger charge is -2.24. The van der Waals surface area contributed by atoms with E-state index >= 15 is 0 Å². The third-order valence-electron chi connectivity index (χ3n) is 4.32. The lowest BCUT2D eigenvalue weighted by molar-refractivity contribution is 0.0827. The van der Waals surface area contributed by atoms with Crippen LogP contribution in [0.3, 0.4) is 0 Å². The average Bonchev–Trinajstić information content (AvgIpc) is 2.61. The molecule has 2 aromatic rings. The lowest BCUT2D eigenvalue weighted by atomic mass is 10.0. The minimum Gasteiger partial charge on any atom is -0.387 e. The van der Waals surface area contributed by atoms with Crippen molar-refractivity contribution in [2.75, 3.05) is 19.8 Å². The molecule has 6 nitrogen and oxygen atoms in total. The van der Waals surface area contributed by atoms with Gasteiger partial charge in [0.2, 0.25) is 0 Å². The Kier molecular flexibility index (Phi) is 6.71. The molecule has 0 radical (unpaired) electrons. The second-order valence-corrected chi connectivity index (χ2v) is 6.92. The lowest BCUT2D eigenvalue weighted by Crippen LogP contribution is -2.39. The van der Waals surface area contributed by atoms with E-state index in [0.29, 0.717) is 11.4 Å². The number of hydrogen-bond donors (Lipinski definition) is 3. The second kappa shape index (κ2) is 8.78. The van der Waals surface area contributed by atoms with Crippen LogP contribution in [-0.2, 0) is 6.42 Å². The fourth-order valence-electron chi connectivity index (χ4n) is 2.87. The van der Waals surface area contributed by atoms with Crippen molar-refractivity contribution in [2.24, 2.45) is 0 Å². The average molecular weight is 356 g/mol. The number of aliphatic hydroxyl groups excluding tert-OH is 1. The van der Waals surface area contributed by atoms with Crippen LogP contribution in [0.2, 0.25) is 0 Å². The van der Waals surface area contributed by atoms with Gasteiger partial charge < -0.3 is 21.1 Å². The maximum absolute atomic E-state index is 11.9. The van der Waals surface area contributed by atoms with Crippen molar-refractivity contribution in [3.8, 4) is 0 Å². The van der Waals surface area contributed by atoms with E-state index in [-0.39, 0.29) is 18.0 Å². The number of carbonyl (C=O) groups excluding carboxylic acids is 1. The Morgan fingerprint density at radius 3 is 2.38 bits per heavy atom. The number of hydrogen-bond acceptors (Lipinski definition) is 5. The molecule has 2 rings (SSSR count). The monoisotopic (exact) mass is 356 g/mol. The number of nitrogens with two attached hydrogens (primary N) is 1. The zero-order valence-corrected chi connectivity index (χ0v) is 15.8. The largest absolute Gasteiger partial charge is 0.387 e. The summed E-state index contributed by atoms with van der Waals surface area (Å²) in [5, 5.41) is 13.9. The molecule has 1 aromatic heterocycles. The van der Waals surface area contributed by atoms with Crippen molar-refractivity contribution in [3.63, 3.8) is 0 Å². The van der Waals surface area contributed by atoms with Crippen molar-refractivity contribution >= 4 is 11.7 Å². The van der Waals surface area contributed by atoms with Crippen LogP contribution in [0.4, 0.5) is 5.82 Å². The van der Waals surface area contributed by atoms with Gasteiger partial charge >= 0.3 is 0 Å². The molecule has 1 aromatic carbocycles. The molecule has 1 amide bonds. The van der Waals surface area contributed by atoms with Gasteiger partial charge in [0.1, 0.15) is 5.82 Å². The molecule has 0 bridgehead atoms. The number of nitrogens with zero attached hydrogens (tertiary/aromatic N) is 2. The molecule has 1 unspecified atom stereocenters. The summed E-state index contributed by atoms with van der Waals surface area (Å²) in [6.07, 6.45) is 1.74. The molecule has 140 valence electrons. The molecule has 1 heterocycles. The summed E-state index contributed by atoms with van der Waals surface area (Å²) >= 11 is 0. The second-order valence-electron chi connectivity index (χ2n) is 6.92. The molecule has 0 aliphatic rings. The number of aromatic nitrogens is 1. The van der Waals surface area contributed by atoms with Crippen molar-refractivity contribution in [2.45, 2.75) is 38.5 Å². The zero-order valence-electron chi connectivity index (χ0n) is 15.8. The van der Waals surface area contributed by atoms with Gasteiger partial charge in [-0.3, -0.25) is 4.79 Å². The van der Waals surface area contributed by atoms with E-state index < -0.39 is 6.10 Å². The molecule has 3 atom stereocenters. The molecule has 0 fully saturated rings. The van der Waals surface area contributed by atoms with Gasteiger partial charge in [0.05, 0.1) is 6.10 Å². The van der Waals surface area contributed by atoms with Crippen LogP contribution in [0.5, 0.6) is 0 Å². The molecule has 26 heavy (non-hydrogen) atoms. The van der Waals surface area contributed by atoms with Gasteiger partial charge in [0.15, 0.2) is 0 Å². The molecule has 0 saturated carbocycles. The van der Waals surface area contributed by atoms with Gasteiger partial charge in [-0.2, -0.15) is 0 Å². The summed E-state index contributed by atoms with van der Waals surface area (Å²) < 4.78 is 0. The molecule has 0 spiro atoms. The van der Waals surface area contributed by atoms with Crippen LogP contribution in [0.25, 0.3) is 0 Å². The first-order valence-electron chi connectivity index (χ1n) is 8.74. The summed E-state index contributed by atoms with van der Waals surface area (Å²) in [4.78, 5) is 17.5.